The minimum Gasteiger partial charge on any atom is -0.444 e. The highest BCUT2D eigenvalue weighted by Gasteiger charge is 2.31. The van der Waals surface area contributed by atoms with Crippen molar-refractivity contribution in [3.05, 3.63) is 61.2 Å². The third kappa shape index (κ3) is 6.75. The first-order chi connectivity index (χ1) is 19.1. The molecule has 220 valence electrons. The van der Waals surface area contributed by atoms with Crippen LogP contribution in [0.2, 0.25) is 5.02 Å². The lowest BCUT2D eigenvalue weighted by Gasteiger charge is -2.30. The lowest BCUT2D eigenvalue weighted by molar-refractivity contribution is -0.137. The Bertz CT molecular complexity index is 1610. The highest BCUT2D eigenvalue weighted by Crippen LogP contribution is 2.34. The Kier molecular flexibility index (Phi) is 8.55. The van der Waals surface area contributed by atoms with Crippen molar-refractivity contribution >= 4 is 56.6 Å². The zero-order valence-corrected chi connectivity index (χ0v) is 24.9. The summed E-state index contributed by atoms with van der Waals surface area (Å²) in [5.74, 6) is -0.506. The van der Waals surface area contributed by atoms with E-state index in [1.165, 1.54) is 9.47 Å². The van der Waals surface area contributed by atoms with Crippen LogP contribution < -0.4 is 10.9 Å². The zero-order valence-electron chi connectivity index (χ0n) is 22.6. The number of halogens is 5. The molecule has 0 bridgehead atoms. The Balaban J connectivity index is 1.69. The average Bonchev–Trinajstić information content (AvgIpc) is 3.27. The molecular weight excluding hydrogens is 633 g/mol. The van der Waals surface area contributed by atoms with Crippen LogP contribution in [-0.2, 0) is 28.7 Å². The molecule has 4 rings (SSSR count). The standard InChI is InChI=1S/C26H27BrClF3N6O4/c1-5-18-20(14-8-10-35(11-9-14)24(40)41-25(2,3)4)21(39)37-23(33-22(27)34-37)36(18)13-19(38)32-17-7-6-15(12-16(17)28)26(29,30)31/h6-8,12H,5,9-11,13H2,1-4H3,(H,32,38). The van der Waals surface area contributed by atoms with Crippen molar-refractivity contribution in [3.8, 4) is 0 Å². The molecule has 0 spiro atoms. The van der Waals surface area contributed by atoms with Crippen LogP contribution in [0.4, 0.5) is 23.7 Å². The summed E-state index contributed by atoms with van der Waals surface area (Å²) in [6.45, 7) is 7.35. The van der Waals surface area contributed by atoms with E-state index in [4.69, 9.17) is 16.3 Å². The number of nitrogens with one attached hydrogen (secondary N) is 1. The Morgan fingerprint density at radius 3 is 2.49 bits per heavy atom. The monoisotopic (exact) mass is 658 g/mol. The van der Waals surface area contributed by atoms with Crippen molar-refractivity contribution in [3.63, 3.8) is 0 Å². The molecular formula is C26H27BrClF3N6O4. The minimum absolute atomic E-state index is 0.000116. The van der Waals surface area contributed by atoms with Crippen molar-refractivity contribution < 1.29 is 27.5 Å². The molecule has 0 unspecified atom stereocenters. The third-order valence-corrected chi connectivity index (χ3v) is 6.86. The van der Waals surface area contributed by atoms with Crippen LogP contribution in [0.25, 0.3) is 11.4 Å². The van der Waals surface area contributed by atoms with Gasteiger partial charge in [0.25, 0.3) is 5.56 Å². The number of fused-ring (bicyclic) bond motifs is 1. The second-order valence-electron chi connectivity index (χ2n) is 10.3. The van der Waals surface area contributed by atoms with Crippen LogP contribution in [0.5, 0.6) is 0 Å². The topological polar surface area (TPSA) is 111 Å². The molecule has 0 saturated heterocycles. The van der Waals surface area contributed by atoms with Crippen LogP contribution in [0.1, 0.15) is 50.9 Å². The summed E-state index contributed by atoms with van der Waals surface area (Å²) in [6, 6.07) is 2.63. The number of nitrogens with zero attached hydrogens (tertiary/aromatic N) is 5. The van der Waals surface area contributed by atoms with Gasteiger partial charge in [0, 0.05) is 18.8 Å². The van der Waals surface area contributed by atoms with E-state index in [9.17, 15) is 27.6 Å². The van der Waals surface area contributed by atoms with Gasteiger partial charge in [0.05, 0.1) is 21.8 Å². The molecule has 41 heavy (non-hydrogen) atoms. The molecule has 2 aromatic heterocycles. The fourth-order valence-corrected chi connectivity index (χ4v) is 4.99. The number of aromatic nitrogens is 4. The quantitative estimate of drug-likeness (QED) is 0.385. The number of benzene rings is 1. The molecule has 0 radical (unpaired) electrons. The largest absolute Gasteiger partial charge is 0.444 e. The number of hydrogen-bond donors (Lipinski definition) is 1. The van der Waals surface area contributed by atoms with Crippen LogP contribution in [-0.4, -0.2) is 54.8 Å². The van der Waals surface area contributed by atoms with Crippen LogP contribution >= 0.6 is 27.5 Å². The van der Waals surface area contributed by atoms with E-state index in [1.807, 2.05) is 6.92 Å². The van der Waals surface area contributed by atoms with Gasteiger partial charge < -0.3 is 19.5 Å². The molecule has 1 aromatic carbocycles. The molecule has 0 fully saturated rings. The Hall–Kier alpha value is -3.39. The van der Waals surface area contributed by atoms with Gasteiger partial charge in [-0.25, -0.2) is 4.79 Å². The molecule has 15 heteroatoms. The molecule has 1 N–H and O–H groups in total. The lowest BCUT2D eigenvalue weighted by atomic mass is 9.97. The van der Waals surface area contributed by atoms with Crippen LogP contribution in [0, 0.1) is 0 Å². The summed E-state index contributed by atoms with van der Waals surface area (Å²) < 4.78 is 47.2. The molecule has 3 heterocycles. The van der Waals surface area contributed by atoms with Gasteiger partial charge in [0.1, 0.15) is 12.1 Å². The molecule has 1 aliphatic heterocycles. The van der Waals surface area contributed by atoms with E-state index in [0.717, 1.165) is 22.7 Å². The number of carbonyl (C=O) groups is 2. The van der Waals surface area contributed by atoms with E-state index in [0.29, 0.717) is 36.2 Å². The summed E-state index contributed by atoms with van der Waals surface area (Å²) in [7, 11) is 0. The first kappa shape index (κ1) is 30.6. The predicted molar refractivity (Wildman–Crippen MR) is 150 cm³/mol. The van der Waals surface area contributed by atoms with Crippen molar-refractivity contribution in [2.24, 2.45) is 0 Å². The summed E-state index contributed by atoms with van der Waals surface area (Å²) in [4.78, 5) is 45.0. The fourth-order valence-electron chi connectivity index (χ4n) is 4.45. The summed E-state index contributed by atoms with van der Waals surface area (Å²) in [5, 5.41) is 6.40. The highest BCUT2D eigenvalue weighted by atomic mass is 79.9. The molecule has 0 aliphatic carbocycles. The number of amides is 2. The normalized spacial score (nSPS) is 14.3. The molecule has 0 saturated carbocycles. The number of ether oxygens (including phenoxy) is 1. The van der Waals surface area contributed by atoms with Crippen molar-refractivity contribution in [2.75, 3.05) is 18.4 Å². The average molecular weight is 660 g/mol. The molecule has 1 aliphatic rings. The van der Waals surface area contributed by atoms with Gasteiger partial charge in [0.15, 0.2) is 0 Å². The second kappa shape index (κ2) is 11.5. The highest BCUT2D eigenvalue weighted by molar-refractivity contribution is 9.10. The van der Waals surface area contributed by atoms with E-state index in [-0.39, 0.29) is 34.3 Å². The Morgan fingerprint density at radius 2 is 1.93 bits per heavy atom. The number of hydrogen-bond acceptors (Lipinski definition) is 6. The van der Waals surface area contributed by atoms with Gasteiger partial charge in [-0.05, 0) is 73.3 Å². The summed E-state index contributed by atoms with van der Waals surface area (Å²) in [5.41, 5.74) is -0.509. The van der Waals surface area contributed by atoms with E-state index in [2.05, 4.69) is 31.3 Å². The molecule has 0 atom stereocenters. The Labute approximate surface area is 246 Å². The fraction of sp³-hybridized carbons (Fsp3) is 0.423. The number of alkyl halides is 3. The number of anilines is 1. The molecule has 10 nitrogen and oxygen atoms in total. The van der Waals surface area contributed by atoms with Gasteiger partial charge in [-0.3, -0.25) is 9.59 Å². The molecule has 3 aromatic rings. The predicted octanol–water partition coefficient (Wildman–Crippen LogP) is 5.55. The van der Waals surface area contributed by atoms with Crippen molar-refractivity contribution in [2.45, 2.75) is 58.9 Å². The maximum Gasteiger partial charge on any atom is 0.416 e. The first-order valence-corrected chi connectivity index (χ1v) is 13.8. The van der Waals surface area contributed by atoms with Gasteiger partial charge in [-0.1, -0.05) is 24.6 Å². The second-order valence-corrected chi connectivity index (χ2v) is 11.4. The van der Waals surface area contributed by atoms with E-state index >= 15 is 0 Å². The summed E-state index contributed by atoms with van der Waals surface area (Å²) >= 11 is 9.20. The van der Waals surface area contributed by atoms with Crippen molar-refractivity contribution in [1.29, 1.82) is 0 Å². The van der Waals surface area contributed by atoms with Gasteiger partial charge in [-0.2, -0.15) is 22.7 Å². The van der Waals surface area contributed by atoms with Gasteiger partial charge in [0.2, 0.25) is 16.4 Å². The first-order valence-electron chi connectivity index (χ1n) is 12.6. The molecule has 2 amide bonds. The lowest BCUT2D eigenvalue weighted by Crippen LogP contribution is -2.39. The third-order valence-electron chi connectivity index (χ3n) is 6.22. The van der Waals surface area contributed by atoms with Gasteiger partial charge in [-0.15, -0.1) is 5.10 Å². The minimum atomic E-state index is -4.58. The SMILES string of the molecule is CCc1c(C2=CCN(C(=O)OC(C)(C)C)CC2)c(=O)n2nc(Br)nc2n1CC(=O)Nc1ccc(C(F)(F)F)cc1Cl. The van der Waals surface area contributed by atoms with E-state index < -0.39 is 34.9 Å². The summed E-state index contributed by atoms with van der Waals surface area (Å²) in [6.07, 6.45) is -2.58. The number of carbonyl (C=O) groups excluding carboxylic acids is 2. The Morgan fingerprint density at radius 1 is 1.22 bits per heavy atom. The van der Waals surface area contributed by atoms with Gasteiger partial charge >= 0.3 is 12.3 Å². The number of rotatable bonds is 5. The van der Waals surface area contributed by atoms with E-state index in [1.54, 1.807) is 26.8 Å². The maximum atomic E-state index is 13.6. The zero-order chi connectivity index (χ0) is 30.3. The maximum absolute atomic E-state index is 13.6. The van der Waals surface area contributed by atoms with Crippen LogP contribution in [0.3, 0.4) is 0 Å². The van der Waals surface area contributed by atoms with Crippen LogP contribution in [0.15, 0.2) is 33.8 Å². The smallest absolute Gasteiger partial charge is 0.416 e. The van der Waals surface area contributed by atoms with Crippen molar-refractivity contribution in [1.82, 2.24) is 24.1 Å².